The normalized spacial score (nSPS) is 11.9. The summed E-state index contributed by atoms with van der Waals surface area (Å²) in [5, 5.41) is 27.1. The van der Waals surface area contributed by atoms with Gasteiger partial charge in [0.1, 0.15) is 21.8 Å². The van der Waals surface area contributed by atoms with Crippen molar-refractivity contribution in [1.82, 2.24) is 4.98 Å². The molecule has 0 fully saturated rings. The Hall–Kier alpha value is -2.89. The SMILES string of the molecule is O=C(O)c1cc(Br)ccc1N=Nc1cc(S(=O)(=O)O)c2cccnc2c1O. The van der Waals surface area contributed by atoms with Crippen molar-refractivity contribution in [3.05, 3.63) is 52.6 Å². The summed E-state index contributed by atoms with van der Waals surface area (Å²) < 4.78 is 33.3. The Morgan fingerprint density at radius 1 is 1.11 bits per heavy atom. The molecule has 2 aromatic carbocycles. The van der Waals surface area contributed by atoms with Gasteiger partial charge in [0.2, 0.25) is 0 Å². The largest absolute Gasteiger partial charge is 0.504 e. The molecule has 0 radical (unpaired) electrons. The number of aromatic nitrogens is 1. The number of phenolic OH excluding ortho intramolecular Hbond substituents is 1. The van der Waals surface area contributed by atoms with Crippen molar-refractivity contribution in [2.45, 2.75) is 4.90 Å². The van der Waals surface area contributed by atoms with E-state index in [1.54, 1.807) is 6.07 Å². The van der Waals surface area contributed by atoms with Gasteiger partial charge in [-0.25, -0.2) is 4.79 Å². The van der Waals surface area contributed by atoms with Crippen LogP contribution in [0.3, 0.4) is 0 Å². The van der Waals surface area contributed by atoms with Gasteiger partial charge in [-0.05, 0) is 36.4 Å². The molecule has 0 saturated heterocycles. The minimum absolute atomic E-state index is 0.00585. The molecule has 11 heteroatoms. The van der Waals surface area contributed by atoms with Crippen molar-refractivity contribution >= 4 is 54.3 Å². The van der Waals surface area contributed by atoms with E-state index < -0.39 is 26.7 Å². The first-order valence-corrected chi connectivity index (χ1v) is 9.44. The Morgan fingerprint density at radius 2 is 1.81 bits per heavy atom. The van der Waals surface area contributed by atoms with Crippen LogP contribution in [0.15, 0.2) is 62.2 Å². The van der Waals surface area contributed by atoms with Crippen LogP contribution in [0, 0.1) is 0 Å². The number of hydrogen-bond donors (Lipinski definition) is 3. The summed E-state index contributed by atoms with van der Waals surface area (Å²) in [5.41, 5.74) is -0.565. The molecule has 0 aliphatic heterocycles. The summed E-state index contributed by atoms with van der Waals surface area (Å²) in [6.07, 6.45) is 1.33. The fraction of sp³-hybridized carbons (Fsp3) is 0. The lowest BCUT2D eigenvalue weighted by Crippen LogP contribution is -1.99. The van der Waals surface area contributed by atoms with Gasteiger partial charge in [-0.15, -0.1) is 10.2 Å². The van der Waals surface area contributed by atoms with Crippen LogP contribution >= 0.6 is 15.9 Å². The van der Waals surface area contributed by atoms with Gasteiger partial charge in [-0.1, -0.05) is 15.9 Å². The third-order valence-corrected chi connectivity index (χ3v) is 4.93. The first-order valence-electron chi connectivity index (χ1n) is 7.21. The molecule has 0 bridgehead atoms. The summed E-state index contributed by atoms with van der Waals surface area (Å²) in [7, 11) is -4.63. The number of phenols is 1. The highest BCUT2D eigenvalue weighted by molar-refractivity contribution is 9.10. The molecule has 0 aliphatic carbocycles. The molecule has 3 aromatic rings. The zero-order chi connectivity index (χ0) is 19.8. The predicted molar refractivity (Wildman–Crippen MR) is 98.5 cm³/mol. The molecule has 0 unspecified atom stereocenters. The average Bonchev–Trinajstić information content (AvgIpc) is 2.61. The highest BCUT2D eigenvalue weighted by atomic mass is 79.9. The van der Waals surface area contributed by atoms with Crippen LogP contribution < -0.4 is 0 Å². The first-order chi connectivity index (χ1) is 12.7. The molecule has 1 heterocycles. The fourth-order valence-electron chi connectivity index (χ4n) is 2.35. The van der Waals surface area contributed by atoms with Crippen molar-refractivity contribution in [3.8, 4) is 5.75 Å². The number of halogens is 1. The van der Waals surface area contributed by atoms with Gasteiger partial charge in [0.15, 0.2) is 5.75 Å². The van der Waals surface area contributed by atoms with Crippen molar-refractivity contribution in [2.24, 2.45) is 10.2 Å². The van der Waals surface area contributed by atoms with Gasteiger partial charge in [0.05, 0.1) is 5.56 Å². The lowest BCUT2D eigenvalue weighted by Gasteiger charge is -2.07. The van der Waals surface area contributed by atoms with Crippen molar-refractivity contribution in [1.29, 1.82) is 0 Å². The molecule has 1 aromatic heterocycles. The lowest BCUT2D eigenvalue weighted by atomic mass is 10.2. The van der Waals surface area contributed by atoms with Crippen LogP contribution in [0.4, 0.5) is 11.4 Å². The summed E-state index contributed by atoms with van der Waals surface area (Å²) in [6, 6.07) is 7.99. The Labute approximate surface area is 160 Å². The minimum atomic E-state index is -4.63. The lowest BCUT2D eigenvalue weighted by molar-refractivity contribution is 0.0697. The van der Waals surface area contributed by atoms with E-state index in [0.717, 1.165) is 6.07 Å². The van der Waals surface area contributed by atoms with Crippen molar-refractivity contribution < 1.29 is 28.0 Å². The third kappa shape index (κ3) is 3.79. The second kappa shape index (κ2) is 7.02. The van der Waals surface area contributed by atoms with Crippen LogP contribution in [0.2, 0.25) is 0 Å². The van der Waals surface area contributed by atoms with E-state index in [1.807, 2.05) is 0 Å². The zero-order valence-corrected chi connectivity index (χ0v) is 15.6. The Bertz CT molecular complexity index is 1210. The van der Waals surface area contributed by atoms with Crippen LogP contribution in [-0.4, -0.2) is 34.1 Å². The number of fused-ring (bicyclic) bond motifs is 1. The molecule has 27 heavy (non-hydrogen) atoms. The Morgan fingerprint density at radius 3 is 2.48 bits per heavy atom. The summed E-state index contributed by atoms with van der Waals surface area (Å²) in [6.45, 7) is 0. The second-order valence-electron chi connectivity index (χ2n) is 5.28. The van der Waals surface area contributed by atoms with Gasteiger partial charge >= 0.3 is 5.97 Å². The van der Waals surface area contributed by atoms with E-state index in [1.165, 1.54) is 30.5 Å². The number of benzene rings is 2. The highest BCUT2D eigenvalue weighted by Crippen LogP contribution is 2.38. The molecule has 138 valence electrons. The number of pyridine rings is 1. The standard InChI is InChI=1S/C16H10BrN3O6S/c17-8-3-4-11(10(6-8)16(22)23)19-20-12-7-13(27(24,25)26)9-2-1-5-18-14(9)15(12)21/h1-7,21H,(H,22,23)(H,24,25,26). The van der Waals surface area contributed by atoms with Crippen molar-refractivity contribution in [3.63, 3.8) is 0 Å². The smallest absolute Gasteiger partial charge is 0.338 e. The first kappa shape index (κ1) is 18.9. The maximum Gasteiger partial charge on any atom is 0.338 e. The number of aromatic hydroxyl groups is 1. The number of nitrogens with zero attached hydrogens (tertiary/aromatic N) is 3. The van der Waals surface area contributed by atoms with Gasteiger partial charge in [0.25, 0.3) is 10.1 Å². The minimum Gasteiger partial charge on any atom is -0.504 e. The maximum absolute atomic E-state index is 11.7. The van der Waals surface area contributed by atoms with Crippen LogP contribution in [0.25, 0.3) is 10.9 Å². The summed E-state index contributed by atoms with van der Waals surface area (Å²) >= 11 is 3.15. The number of carbonyl (C=O) groups is 1. The molecule has 9 nitrogen and oxygen atoms in total. The molecule has 0 amide bonds. The number of hydrogen-bond acceptors (Lipinski definition) is 7. The predicted octanol–water partition coefficient (Wildman–Crippen LogP) is 4.06. The number of azo groups is 1. The maximum atomic E-state index is 11.7. The average molecular weight is 452 g/mol. The number of carboxylic acids is 1. The van der Waals surface area contributed by atoms with Gasteiger partial charge in [-0.3, -0.25) is 9.54 Å². The fourth-order valence-corrected chi connectivity index (χ4v) is 3.41. The molecule has 0 spiro atoms. The second-order valence-corrected chi connectivity index (χ2v) is 7.59. The van der Waals surface area contributed by atoms with E-state index >= 15 is 0 Å². The topological polar surface area (TPSA) is 150 Å². The molecular weight excluding hydrogens is 442 g/mol. The molecule has 0 aliphatic rings. The molecule has 3 rings (SSSR count). The highest BCUT2D eigenvalue weighted by Gasteiger charge is 2.20. The van der Waals surface area contributed by atoms with E-state index in [4.69, 9.17) is 0 Å². The molecule has 0 atom stereocenters. The van der Waals surface area contributed by atoms with E-state index in [0.29, 0.717) is 4.47 Å². The van der Waals surface area contributed by atoms with Gasteiger partial charge < -0.3 is 10.2 Å². The number of aromatic carboxylic acids is 1. The van der Waals surface area contributed by atoms with Crippen molar-refractivity contribution in [2.75, 3.05) is 0 Å². The molecule has 0 saturated carbocycles. The monoisotopic (exact) mass is 451 g/mol. The summed E-state index contributed by atoms with van der Waals surface area (Å²) in [5.74, 6) is -1.70. The number of rotatable bonds is 4. The third-order valence-electron chi connectivity index (χ3n) is 3.54. The summed E-state index contributed by atoms with van der Waals surface area (Å²) in [4.78, 5) is 14.7. The van der Waals surface area contributed by atoms with Crippen LogP contribution in [0.1, 0.15) is 10.4 Å². The van der Waals surface area contributed by atoms with Crippen LogP contribution in [-0.2, 0) is 10.1 Å². The Kier molecular flexibility index (Phi) is 4.91. The molecule has 3 N–H and O–H groups in total. The van der Waals surface area contributed by atoms with E-state index in [-0.39, 0.29) is 27.8 Å². The Balaban J connectivity index is 2.21. The van der Waals surface area contributed by atoms with E-state index in [9.17, 15) is 28.0 Å². The van der Waals surface area contributed by atoms with Crippen LogP contribution in [0.5, 0.6) is 5.75 Å². The quantitative estimate of drug-likeness (QED) is 0.399. The van der Waals surface area contributed by atoms with Gasteiger partial charge in [-0.2, -0.15) is 8.42 Å². The number of carboxylic acid groups (broad SMARTS) is 1. The van der Waals surface area contributed by atoms with E-state index in [2.05, 4.69) is 31.1 Å². The van der Waals surface area contributed by atoms with Gasteiger partial charge in [0, 0.05) is 16.1 Å². The molecular formula is C16H10BrN3O6S. The zero-order valence-electron chi connectivity index (χ0n) is 13.2.